The van der Waals surface area contributed by atoms with E-state index in [-0.39, 0.29) is 11.5 Å². The van der Waals surface area contributed by atoms with Crippen LogP contribution >= 0.6 is 11.8 Å². The summed E-state index contributed by atoms with van der Waals surface area (Å²) in [6.07, 6.45) is 0. The fourth-order valence-electron chi connectivity index (χ4n) is 2.32. The molecular weight excluding hydrogens is 396 g/mol. The van der Waals surface area contributed by atoms with Crippen molar-refractivity contribution >= 4 is 35.5 Å². The van der Waals surface area contributed by atoms with E-state index in [4.69, 9.17) is 0 Å². The van der Waals surface area contributed by atoms with Crippen LogP contribution in [0.25, 0.3) is 0 Å². The zero-order valence-corrected chi connectivity index (χ0v) is 16.1. The number of carbonyl (C=O) groups excluding carboxylic acids is 2. The molecule has 0 saturated heterocycles. The van der Waals surface area contributed by atoms with Crippen molar-refractivity contribution in [2.24, 2.45) is 0 Å². The Labute approximate surface area is 171 Å². The van der Waals surface area contributed by atoms with E-state index in [9.17, 15) is 29.4 Å². The van der Waals surface area contributed by atoms with Crippen molar-refractivity contribution in [3.63, 3.8) is 0 Å². The predicted molar refractivity (Wildman–Crippen MR) is 108 cm³/mol. The molecule has 8 nitrogen and oxygen atoms in total. The summed E-state index contributed by atoms with van der Waals surface area (Å²) in [6, 6.07) is 13.9. The summed E-state index contributed by atoms with van der Waals surface area (Å²) in [7, 11) is 0. The van der Waals surface area contributed by atoms with Crippen LogP contribution in [0.15, 0.2) is 60.7 Å². The summed E-state index contributed by atoms with van der Waals surface area (Å²) in [4.78, 5) is 47.1. The maximum atomic E-state index is 12.1. The van der Waals surface area contributed by atoms with E-state index >= 15 is 0 Å². The summed E-state index contributed by atoms with van der Waals surface area (Å²) in [5.74, 6) is -3.65. The van der Waals surface area contributed by atoms with E-state index in [1.54, 1.807) is 60.7 Å². The van der Waals surface area contributed by atoms with Crippen LogP contribution in [0.2, 0.25) is 0 Å². The van der Waals surface area contributed by atoms with Crippen LogP contribution in [0.1, 0.15) is 20.7 Å². The Kier molecular flexibility index (Phi) is 8.23. The maximum Gasteiger partial charge on any atom is 0.327 e. The average Bonchev–Trinajstić information content (AvgIpc) is 2.73. The first-order valence-corrected chi connectivity index (χ1v) is 9.79. The molecule has 0 bridgehead atoms. The number of carboxylic acid groups (broad SMARTS) is 2. The first kappa shape index (κ1) is 22.0. The van der Waals surface area contributed by atoms with Gasteiger partial charge in [-0.05, 0) is 24.3 Å². The van der Waals surface area contributed by atoms with Crippen LogP contribution in [0.4, 0.5) is 0 Å². The molecule has 0 saturated carbocycles. The van der Waals surface area contributed by atoms with Crippen molar-refractivity contribution in [3.8, 4) is 0 Å². The van der Waals surface area contributed by atoms with E-state index < -0.39 is 35.8 Å². The zero-order valence-electron chi connectivity index (χ0n) is 15.3. The van der Waals surface area contributed by atoms with Gasteiger partial charge in [-0.25, -0.2) is 9.59 Å². The number of aliphatic carboxylic acids is 2. The lowest BCUT2D eigenvalue weighted by atomic mass is 10.2. The summed E-state index contributed by atoms with van der Waals surface area (Å²) < 4.78 is 0. The molecule has 0 aliphatic carbocycles. The van der Waals surface area contributed by atoms with Gasteiger partial charge in [0.1, 0.15) is 12.1 Å². The second-order valence-corrected chi connectivity index (χ2v) is 7.07. The third-order valence-electron chi connectivity index (χ3n) is 3.85. The van der Waals surface area contributed by atoms with Crippen LogP contribution in [-0.2, 0) is 9.59 Å². The van der Waals surface area contributed by atoms with E-state index in [0.29, 0.717) is 11.1 Å². The Balaban J connectivity index is 1.90. The fourth-order valence-corrected chi connectivity index (χ4v) is 3.37. The Bertz CT molecular complexity index is 788. The third kappa shape index (κ3) is 6.96. The Morgan fingerprint density at radius 2 is 1.03 bits per heavy atom. The van der Waals surface area contributed by atoms with Crippen molar-refractivity contribution in [1.82, 2.24) is 10.6 Å². The standard InChI is InChI=1S/C20H20N2O6S/c23-17(13-7-3-1-4-8-13)21-15(19(25)26)11-29-12-16(20(27)28)22-18(24)14-9-5-2-6-10-14/h1-10,15-16H,11-12H2,(H,21,23)(H,22,24)(H,25,26)(H,27,28)/t15-,16-/m1/s1. The Morgan fingerprint density at radius 3 is 1.34 bits per heavy atom. The molecule has 0 unspecified atom stereocenters. The molecule has 0 fully saturated rings. The summed E-state index contributed by atoms with van der Waals surface area (Å²) in [5, 5.41) is 23.5. The third-order valence-corrected chi connectivity index (χ3v) is 4.99. The number of hydrogen-bond donors (Lipinski definition) is 4. The van der Waals surface area contributed by atoms with Gasteiger partial charge in [-0.2, -0.15) is 11.8 Å². The van der Waals surface area contributed by atoms with Crippen molar-refractivity contribution in [1.29, 1.82) is 0 Å². The minimum absolute atomic E-state index is 0.0567. The molecule has 0 spiro atoms. The van der Waals surface area contributed by atoms with Gasteiger partial charge in [0.25, 0.3) is 11.8 Å². The summed E-state index contributed by atoms with van der Waals surface area (Å²) >= 11 is 1.01. The highest BCUT2D eigenvalue weighted by atomic mass is 32.2. The number of thioether (sulfide) groups is 1. The topological polar surface area (TPSA) is 133 Å². The molecule has 0 aromatic heterocycles. The lowest BCUT2D eigenvalue weighted by molar-refractivity contribution is -0.139. The highest BCUT2D eigenvalue weighted by molar-refractivity contribution is 7.99. The molecule has 2 amide bonds. The van der Waals surface area contributed by atoms with E-state index in [2.05, 4.69) is 10.6 Å². The maximum absolute atomic E-state index is 12.1. The fraction of sp³-hybridized carbons (Fsp3) is 0.200. The van der Waals surface area contributed by atoms with Gasteiger partial charge in [0, 0.05) is 22.6 Å². The summed E-state index contributed by atoms with van der Waals surface area (Å²) in [5.41, 5.74) is 0.643. The van der Waals surface area contributed by atoms with Gasteiger partial charge < -0.3 is 20.8 Å². The number of benzene rings is 2. The number of carboxylic acids is 2. The number of hydrogen-bond acceptors (Lipinski definition) is 5. The highest BCUT2D eigenvalue weighted by Gasteiger charge is 2.24. The minimum Gasteiger partial charge on any atom is -0.480 e. The number of amides is 2. The molecule has 0 aliphatic heterocycles. The van der Waals surface area contributed by atoms with Crippen molar-refractivity contribution in [2.75, 3.05) is 11.5 Å². The van der Waals surface area contributed by atoms with Crippen LogP contribution in [0, 0.1) is 0 Å². The van der Waals surface area contributed by atoms with Gasteiger partial charge in [0.05, 0.1) is 0 Å². The van der Waals surface area contributed by atoms with Crippen LogP contribution in [-0.4, -0.2) is 57.6 Å². The second kappa shape index (κ2) is 10.9. The van der Waals surface area contributed by atoms with E-state index in [1.165, 1.54) is 0 Å². The van der Waals surface area contributed by atoms with Gasteiger partial charge in [-0.3, -0.25) is 9.59 Å². The molecule has 2 atom stereocenters. The summed E-state index contributed by atoms with van der Waals surface area (Å²) in [6.45, 7) is 0. The molecule has 152 valence electrons. The lowest BCUT2D eigenvalue weighted by Crippen LogP contribution is -2.45. The molecule has 0 heterocycles. The van der Waals surface area contributed by atoms with E-state index in [0.717, 1.165) is 11.8 Å². The molecule has 0 radical (unpaired) electrons. The number of nitrogens with one attached hydrogen (secondary N) is 2. The predicted octanol–water partition coefficient (Wildman–Crippen LogP) is 1.49. The normalized spacial score (nSPS) is 12.4. The van der Waals surface area contributed by atoms with Gasteiger partial charge in [-0.15, -0.1) is 0 Å². The van der Waals surface area contributed by atoms with Crippen molar-refractivity contribution in [3.05, 3.63) is 71.8 Å². The molecule has 2 rings (SSSR count). The van der Waals surface area contributed by atoms with Gasteiger partial charge >= 0.3 is 11.9 Å². The first-order valence-electron chi connectivity index (χ1n) is 8.63. The molecule has 0 aliphatic rings. The quantitative estimate of drug-likeness (QED) is 0.461. The zero-order chi connectivity index (χ0) is 21.2. The van der Waals surface area contributed by atoms with Crippen LogP contribution in [0.3, 0.4) is 0 Å². The smallest absolute Gasteiger partial charge is 0.327 e. The molecule has 4 N–H and O–H groups in total. The molecule has 29 heavy (non-hydrogen) atoms. The number of carbonyl (C=O) groups is 4. The number of rotatable bonds is 10. The molecule has 2 aromatic rings. The van der Waals surface area contributed by atoms with Gasteiger partial charge in [-0.1, -0.05) is 36.4 Å². The van der Waals surface area contributed by atoms with Crippen molar-refractivity contribution in [2.45, 2.75) is 12.1 Å². The van der Waals surface area contributed by atoms with Crippen molar-refractivity contribution < 1.29 is 29.4 Å². The van der Waals surface area contributed by atoms with Gasteiger partial charge in [0.15, 0.2) is 0 Å². The van der Waals surface area contributed by atoms with Crippen LogP contribution in [0.5, 0.6) is 0 Å². The lowest BCUT2D eigenvalue weighted by Gasteiger charge is -2.17. The average molecular weight is 416 g/mol. The highest BCUT2D eigenvalue weighted by Crippen LogP contribution is 2.09. The Hall–Kier alpha value is -3.33. The van der Waals surface area contributed by atoms with E-state index in [1.807, 2.05) is 0 Å². The monoisotopic (exact) mass is 416 g/mol. The van der Waals surface area contributed by atoms with Crippen LogP contribution < -0.4 is 10.6 Å². The molecule has 9 heteroatoms. The molecular formula is C20H20N2O6S. The SMILES string of the molecule is O=C(N[C@H](CSC[C@@H](NC(=O)c1ccccc1)C(=O)O)C(=O)O)c1ccccc1. The largest absolute Gasteiger partial charge is 0.480 e. The molecule has 2 aromatic carbocycles. The van der Waals surface area contributed by atoms with Gasteiger partial charge in [0.2, 0.25) is 0 Å². The Morgan fingerprint density at radius 1 is 0.690 bits per heavy atom. The minimum atomic E-state index is -1.23. The second-order valence-electron chi connectivity index (χ2n) is 6.00. The first-order chi connectivity index (χ1) is 13.9.